The van der Waals surface area contributed by atoms with E-state index in [9.17, 15) is 19.7 Å². The van der Waals surface area contributed by atoms with Gasteiger partial charge in [-0.3, -0.25) is 10.1 Å². The lowest BCUT2D eigenvalue weighted by Gasteiger charge is -2.15. The Bertz CT molecular complexity index is 1570. The maximum atomic E-state index is 12.6. The summed E-state index contributed by atoms with van der Waals surface area (Å²) in [5, 5.41) is 16.0. The van der Waals surface area contributed by atoms with Crippen LogP contribution >= 0.6 is 12.2 Å². The van der Waals surface area contributed by atoms with Gasteiger partial charge in [0.2, 0.25) is 0 Å². The molecule has 0 aliphatic carbocycles. The van der Waals surface area contributed by atoms with Crippen LogP contribution < -0.4 is 10.1 Å². The fourth-order valence-electron chi connectivity index (χ4n) is 3.79. The fraction of sp³-hybridized carbons (Fsp3) is 0.192. The number of methoxy groups -OCH3 is 1. The molecule has 0 unspecified atom stereocenters. The van der Waals surface area contributed by atoms with E-state index >= 15 is 0 Å². The Hall–Kier alpha value is -4.51. The molecule has 0 aliphatic rings. The molecule has 1 heterocycles. The third-order valence-corrected chi connectivity index (χ3v) is 5.82. The number of carbonyl (C=O) groups is 2. The number of rotatable bonds is 8. The Morgan fingerprint density at radius 3 is 2.54 bits per heavy atom. The van der Waals surface area contributed by atoms with E-state index in [1.54, 1.807) is 25.3 Å². The average Bonchev–Trinajstić information content (AvgIpc) is 2.89. The lowest BCUT2D eigenvalue weighted by molar-refractivity contribution is -0.385. The first-order chi connectivity index (χ1) is 17.8. The highest BCUT2D eigenvalue weighted by Gasteiger charge is 2.20. The van der Waals surface area contributed by atoms with Crippen molar-refractivity contribution in [2.24, 2.45) is 0 Å². The van der Waals surface area contributed by atoms with Crippen molar-refractivity contribution >= 4 is 51.7 Å². The van der Waals surface area contributed by atoms with Crippen LogP contribution in [0.4, 0.5) is 10.5 Å². The van der Waals surface area contributed by atoms with Crippen molar-refractivity contribution in [2.75, 3.05) is 7.11 Å². The summed E-state index contributed by atoms with van der Waals surface area (Å²) >= 11 is 5.23. The number of benzene rings is 3. The molecule has 190 valence electrons. The van der Waals surface area contributed by atoms with E-state index < -0.39 is 23.0 Å². The average molecular weight is 523 g/mol. The molecule has 10 nitrogen and oxygen atoms in total. The summed E-state index contributed by atoms with van der Waals surface area (Å²) in [5.41, 5.74) is 1.22. The summed E-state index contributed by atoms with van der Waals surface area (Å²) in [6, 6.07) is 15.8. The molecule has 1 atom stereocenters. The van der Waals surface area contributed by atoms with Crippen LogP contribution in [0.2, 0.25) is 0 Å². The van der Waals surface area contributed by atoms with Crippen LogP contribution in [-0.4, -0.2) is 30.1 Å². The van der Waals surface area contributed by atoms with Gasteiger partial charge in [-0.05, 0) is 60.2 Å². The predicted octanol–water partition coefficient (Wildman–Crippen LogP) is 5.59. The number of alkyl carbamates (subject to hydrolysis) is 1. The van der Waals surface area contributed by atoms with Crippen molar-refractivity contribution < 1.29 is 33.1 Å². The number of hydrogen-bond donors (Lipinski definition) is 1. The van der Waals surface area contributed by atoms with Crippen molar-refractivity contribution in [3.05, 3.63) is 86.6 Å². The van der Waals surface area contributed by atoms with E-state index in [0.29, 0.717) is 16.9 Å². The van der Waals surface area contributed by atoms with E-state index in [1.165, 1.54) is 25.1 Å². The minimum Gasteiger partial charge on any atom is -0.497 e. The molecular weight excluding hydrogens is 500 g/mol. The second-order valence-electron chi connectivity index (χ2n) is 8.05. The quantitative estimate of drug-likeness (QED) is 0.103. The molecule has 0 saturated heterocycles. The highest BCUT2D eigenvalue weighted by Crippen LogP contribution is 2.32. The molecular formula is C26H22N2O8S. The number of nitrogens with one attached hydrogen (secondary N) is 1. The van der Waals surface area contributed by atoms with Gasteiger partial charge in [0.25, 0.3) is 5.69 Å². The topological polar surface area (TPSA) is 130 Å². The molecule has 0 spiro atoms. The van der Waals surface area contributed by atoms with Gasteiger partial charge in [0, 0.05) is 17.0 Å². The third-order valence-electron chi connectivity index (χ3n) is 5.62. The van der Waals surface area contributed by atoms with Gasteiger partial charge in [-0.1, -0.05) is 24.3 Å². The molecule has 1 amide bonds. The molecule has 4 aromatic rings. The van der Waals surface area contributed by atoms with Crippen LogP contribution in [-0.2, 0) is 27.5 Å². The zero-order valence-corrected chi connectivity index (χ0v) is 20.7. The Labute approximate surface area is 215 Å². The van der Waals surface area contributed by atoms with E-state index in [1.807, 2.05) is 24.3 Å². The Balaban J connectivity index is 1.44. The van der Waals surface area contributed by atoms with Crippen LogP contribution in [0.5, 0.6) is 5.75 Å². The first kappa shape index (κ1) is 25.6. The smallest absolute Gasteiger partial charge is 0.408 e. The van der Waals surface area contributed by atoms with Crippen molar-refractivity contribution in [3.63, 3.8) is 0 Å². The van der Waals surface area contributed by atoms with Crippen LogP contribution in [0.3, 0.4) is 0 Å². The highest BCUT2D eigenvalue weighted by molar-refractivity contribution is 7.71. The lowest BCUT2D eigenvalue weighted by atomic mass is 10.0. The summed E-state index contributed by atoms with van der Waals surface area (Å²) in [7, 11) is 1.57. The Morgan fingerprint density at radius 1 is 1.05 bits per heavy atom. The third kappa shape index (κ3) is 5.84. The number of hydrogen-bond acceptors (Lipinski definition) is 9. The van der Waals surface area contributed by atoms with Crippen LogP contribution in [0.1, 0.15) is 18.1 Å². The maximum absolute atomic E-state index is 12.6. The number of fused-ring (bicyclic) bond motifs is 3. The Kier molecular flexibility index (Phi) is 7.63. The Morgan fingerprint density at radius 2 is 1.78 bits per heavy atom. The zero-order chi connectivity index (χ0) is 26.5. The van der Waals surface area contributed by atoms with Crippen LogP contribution in [0, 0.1) is 14.8 Å². The second-order valence-corrected chi connectivity index (χ2v) is 8.45. The van der Waals surface area contributed by atoms with E-state index in [-0.39, 0.29) is 29.2 Å². The minimum atomic E-state index is -1.04. The maximum Gasteiger partial charge on any atom is 0.408 e. The molecule has 0 bridgehead atoms. The van der Waals surface area contributed by atoms with Gasteiger partial charge in [0.1, 0.15) is 30.6 Å². The lowest BCUT2D eigenvalue weighted by Crippen LogP contribution is -2.39. The number of ether oxygens (including phenoxy) is 3. The first-order valence-corrected chi connectivity index (χ1v) is 11.5. The molecule has 0 aliphatic heterocycles. The molecule has 4 rings (SSSR count). The molecule has 0 fully saturated rings. The predicted molar refractivity (Wildman–Crippen MR) is 137 cm³/mol. The number of para-hydroxylation sites is 1. The molecule has 11 heteroatoms. The number of esters is 1. The minimum absolute atomic E-state index is 0.122. The summed E-state index contributed by atoms with van der Waals surface area (Å²) in [4.78, 5) is 35.3. The highest BCUT2D eigenvalue weighted by atomic mass is 32.1. The first-order valence-electron chi connectivity index (χ1n) is 11.1. The summed E-state index contributed by atoms with van der Waals surface area (Å²) in [6.07, 6.45) is -0.919. The number of nitrogens with zero attached hydrogens (tertiary/aromatic N) is 1. The standard InChI is InChI=1S/C26H22N2O8S/c1-15(27-26(30)35-13-17-5-3-4-6-21(17)28(31)32)25(29)34-14-18-11-23(37)36-22-10-8-16-7-9-19(33-2)12-20(16)24(18)22/h3-12,15H,13-14H2,1-2H3,(H,27,30)/t15-/m0/s1. The molecule has 0 radical (unpaired) electrons. The van der Waals surface area contributed by atoms with E-state index in [2.05, 4.69) is 5.32 Å². The number of nitro groups is 1. The fourth-order valence-corrected chi connectivity index (χ4v) is 4.03. The second kappa shape index (κ2) is 11.0. The molecule has 3 aromatic carbocycles. The molecule has 37 heavy (non-hydrogen) atoms. The van der Waals surface area contributed by atoms with Crippen molar-refractivity contribution in [2.45, 2.75) is 26.2 Å². The molecule has 1 N–H and O–H groups in total. The summed E-state index contributed by atoms with van der Waals surface area (Å²) < 4.78 is 21.8. The van der Waals surface area contributed by atoms with Gasteiger partial charge >= 0.3 is 12.1 Å². The number of nitro benzene ring substituents is 1. The SMILES string of the molecule is COc1ccc2ccc3oc(=S)cc(COC(=O)[C@H](C)NC(=O)OCc4ccccc4[N+](=O)[O-])c3c2c1. The van der Waals surface area contributed by atoms with Gasteiger partial charge in [-0.15, -0.1) is 0 Å². The van der Waals surface area contributed by atoms with E-state index in [0.717, 1.165) is 16.2 Å². The summed E-state index contributed by atoms with van der Waals surface area (Å²) in [5.74, 6) is -0.0529. The number of amides is 1. The number of carbonyl (C=O) groups excluding carboxylic acids is 2. The molecule has 0 saturated carbocycles. The normalized spacial score (nSPS) is 11.6. The van der Waals surface area contributed by atoms with Gasteiger partial charge < -0.3 is 23.9 Å². The van der Waals surface area contributed by atoms with Gasteiger partial charge in [-0.25, -0.2) is 9.59 Å². The van der Waals surface area contributed by atoms with Crippen molar-refractivity contribution in [1.29, 1.82) is 0 Å². The molecule has 1 aromatic heterocycles. The van der Waals surface area contributed by atoms with Gasteiger partial charge in [-0.2, -0.15) is 0 Å². The van der Waals surface area contributed by atoms with Crippen LogP contribution in [0.25, 0.3) is 21.7 Å². The van der Waals surface area contributed by atoms with Crippen molar-refractivity contribution in [3.8, 4) is 5.75 Å². The van der Waals surface area contributed by atoms with Crippen LogP contribution in [0.15, 0.2) is 65.1 Å². The van der Waals surface area contributed by atoms with Gasteiger partial charge in [0.05, 0.1) is 17.6 Å². The van der Waals surface area contributed by atoms with Crippen molar-refractivity contribution in [1.82, 2.24) is 5.32 Å². The van der Waals surface area contributed by atoms with E-state index in [4.69, 9.17) is 30.8 Å². The zero-order valence-electron chi connectivity index (χ0n) is 19.9. The largest absolute Gasteiger partial charge is 0.497 e. The van der Waals surface area contributed by atoms with Gasteiger partial charge in [0.15, 0.2) is 4.71 Å². The summed E-state index contributed by atoms with van der Waals surface area (Å²) in [6.45, 7) is 0.983. The monoisotopic (exact) mass is 522 g/mol.